The molecule has 1 heterocycles. The topological polar surface area (TPSA) is 72.9 Å². The number of nitrogens with one attached hydrogen (secondary N) is 1. The van der Waals surface area contributed by atoms with Gasteiger partial charge in [-0.1, -0.05) is 0 Å². The van der Waals surface area contributed by atoms with Crippen LogP contribution in [0.15, 0.2) is 18.2 Å². The van der Waals surface area contributed by atoms with Gasteiger partial charge < -0.3 is 10.4 Å². The number of carboxylic acid groups (broad SMARTS) is 1. The van der Waals surface area contributed by atoms with Crippen LogP contribution in [0.4, 0.5) is 14.5 Å². The van der Waals surface area contributed by atoms with Crippen LogP contribution in [-0.2, 0) is 9.59 Å². The first-order chi connectivity index (χ1) is 11.8. The number of rotatable bonds is 6. The molecule has 1 aliphatic rings. The molecule has 1 saturated heterocycles. The minimum atomic E-state index is -0.861. The molecule has 0 aromatic heterocycles. The van der Waals surface area contributed by atoms with Crippen molar-refractivity contribution in [2.45, 2.75) is 25.3 Å². The van der Waals surface area contributed by atoms with Gasteiger partial charge in [0.2, 0.25) is 5.91 Å². The summed E-state index contributed by atoms with van der Waals surface area (Å²) in [5.41, 5.74) is -0.168. The molecule has 6 nitrogen and oxygen atoms in total. The Morgan fingerprint density at radius 3 is 2.80 bits per heavy atom. The molecule has 1 aliphatic heterocycles. The Balaban J connectivity index is 1.85. The molecule has 138 valence electrons. The quantitative estimate of drug-likeness (QED) is 0.814. The predicted octanol–water partition coefficient (Wildman–Crippen LogP) is 1.77. The lowest BCUT2D eigenvalue weighted by Gasteiger charge is -2.25. The zero-order chi connectivity index (χ0) is 18.4. The van der Waals surface area contributed by atoms with Crippen LogP contribution in [0.3, 0.4) is 0 Å². The molecule has 2 N–H and O–H groups in total. The van der Waals surface area contributed by atoms with Crippen LogP contribution >= 0.6 is 0 Å². The van der Waals surface area contributed by atoms with Crippen LogP contribution < -0.4 is 5.32 Å². The zero-order valence-electron chi connectivity index (χ0n) is 14.2. The zero-order valence-corrected chi connectivity index (χ0v) is 14.2. The van der Waals surface area contributed by atoms with Crippen LogP contribution in [0, 0.1) is 11.6 Å². The Morgan fingerprint density at radius 2 is 2.08 bits per heavy atom. The Hall–Kier alpha value is -2.06. The number of carbonyl (C=O) groups excluding carboxylic acids is 1. The maximum absolute atomic E-state index is 13.6. The van der Waals surface area contributed by atoms with E-state index in [1.807, 2.05) is 9.80 Å². The highest BCUT2D eigenvalue weighted by atomic mass is 19.1. The number of carbonyl (C=O) groups is 2. The molecule has 2 rings (SSSR count). The molecule has 0 radical (unpaired) electrons. The summed E-state index contributed by atoms with van der Waals surface area (Å²) in [4.78, 5) is 26.7. The van der Waals surface area contributed by atoms with E-state index in [1.165, 1.54) is 0 Å². The van der Waals surface area contributed by atoms with E-state index in [0.29, 0.717) is 13.1 Å². The fourth-order valence-corrected chi connectivity index (χ4v) is 3.07. The van der Waals surface area contributed by atoms with Crippen molar-refractivity contribution < 1.29 is 23.5 Å². The van der Waals surface area contributed by atoms with Gasteiger partial charge in [0.05, 0.1) is 18.8 Å². The van der Waals surface area contributed by atoms with Crippen LogP contribution in [0.2, 0.25) is 0 Å². The van der Waals surface area contributed by atoms with Gasteiger partial charge in [-0.2, -0.15) is 0 Å². The first-order valence-corrected chi connectivity index (χ1v) is 8.24. The Kier molecular flexibility index (Phi) is 6.83. The molecule has 0 aliphatic carbocycles. The van der Waals surface area contributed by atoms with Crippen LogP contribution in [0.5, 0.6) is 0 Å². The summed E-state index contributed by atoms with van der Waals surface area (Å²) in [5, 5.41) is 11.3. The third-order valence-corrected chi connectivity index (χ3v) is 4.37. The van der Waals surface area contributed by atoms with Gasteiger partial charge in [-0.05, 0) is 45.0 Å². The second-order valence-corrected chi connectivity index (χ2v) is 6.34. The van der Waals surface area contributed by atoms with E-state index in [0.717, 1.165) is 37.5 Å². The summed E-state index contributed by atoms with van der Waals surface area (Å²) in [5.74, 6) is -2.56. The fourth-order valence-electron chi connectivity index (χ4n) is 3.07. The Labute approximate surface area is 145 Å². The average Bonchev–Trinajstić information content (AvgIpc) is 2.76. The highest BCUT2D eigenvalue weighted by molar-refractivity contribution is 5.92. The molecule has 1 aromatic rings. The monoisotopic (exact) mass is 355 g/mol. The summed E-state index contributed by atoms with van der Waals surface area (Å²) >= 11 is 0. The summed E-state index contributed by atoms with van der Waals surface area (Å²) in [6.45, 7) is 1.43. The highest BCUT2D eigenvalue weighted by Crippen LogP contribution is 2.17. The molecule has 1 fully saturated rings. The van der Waals surface area contributed by atoms with Crippen molar-refractivity contribution >= 4 is 17.6 Å². The smallest absolute Gasteiger partial charge is 0.317 e. The first kappa shape index (κ1) is 19.3. The van der Waals surface area contributed by atoms with Gasteiger partial charge >= 0.3 is 5.97 Å². The molecule has 25 heavy (non-hydrogen) atoms. The number of anilines is 1. The molecule has 0 spiro atoms. The molecule has 0 saturated carbocycles. The van der Waals surface area contributed by atoms with E-state index in [2.05, 4.69) is 5.32 Å². The van der Waals surface area contributed by atoms with E-state index in [9.17, 15) is 18.4 Å². The number of likely N-dealkylation sites (N-methyl/N-ethyl adjacent to an activating group) is 1. The normalized spacial score (nSPS) is 18.8. The number of amides is 1. The second kappa shape index (κ2) is 8.87. The highest BCUT2D eigenvalue weighted by Gasteiger charge is 2.23. The number of nitrogens with zero attached hydrogens (tertiary/aromatic N) is 2. The minimum absolute atomic E-state index is 0.00992. The molecule has 1 aromatic carbocycles. The van der Waals surface area contributed by atoms with Crippen molar-refractivity contribution in [1.82, 2.24) is 9.80 Å². The Bertz CT molecular complexity index is 627. The van der Waals surface area contributed by atoms with E-state index in [-0.39, 0.29) is 24.8 Å². The number of aliphatic carboxylic acids is 1. The van der Waals surface area contributed by atoms with Crippen LogP contribution in [0.25, 0.3) is 0 Å². The largest absolute Gasteiger partial charge is 0.480 e. The van der Waals surface area contributed by atoms with Gasteiger partial charge in [0.1, 0.15) is 11.6 Å². The van der Waals surface area contributed by atoms with Crippen molar-refractivity contribution in [3.05, 3.63) is 29.8 Å². The molecule has 1 amide bonds. The Morgan fingerprint density at radius 1 is 1.32 bits per heavy atom. The van der Waals surface area contributed by atoms with Gasteiger partial charge in [0.15, 0.2) is 0 Å². The number of benzene rings is 1. The molecular weight excluding hydrogens is 332 g/mol. The van der Waals surface area contributed by atoms with Crippen molar-refractivity contribution in [2.24, 2.45) is 0 Å². The van der Waals surface area contributed by atoms with Crippen LogP contribution in [-0.4, -0.2) is 66.1 Å². The number of halogens is 2. The maximum atomic E-state index is 13.6. The summed E-state index contributed by atoms with van der Waals surface area (Å²) in [7, 11) is 1.79. The second-order valence-electron chi connectivity index (χ2n) is 6.34. The molecule has 1 unspecified atom stereocenters. The fraction of sp³-hybridized carbons (Fsp3) is 0.529. The van der Waals surface area contributed by atoms with Gasteiger partial charge in [-0.25, -0.2) is 8.78 Å². The number of hydrogen-bond acceptors (Lipinski definition) is 4. The lowest BCUT2D eigenvalue weighted by Crippen LogP contribution is -2.37. The lowest BCUT2D eigenvalue weighted by atomic mass is 10.1. The third-order valence-electron chi connectivity index (χ3n) is 4.37. The van der Waals surface area contributed by atoms with E-state index in [1.54, 1.807) is 7.05 Å². The lowest BCUT2D eigenvalue weighted by molar-refractivity contribution is -0.138. The van der Waals surface area contributed by atoms with Gasteiger partial charge in [0, 0.05) is 18.7 Å². The van der Waals surface area contributed by atoms with Gasteiger partial charge in [-0.15, -0.1) is 0 Å². The average molecular weight is 355 g/mol. The molecule has 0 bridgehead atoms. The molecule has 8 heteroatoms. The van der Waals surface area contributed by atoms with Gasteiger partial charge in [0.25, 0.3) is 0 Å². The first-order valence-electron chi connectivity index (χ1n) is 8.24. The van der Waals surface area contributed by atoms with Crippen molar-refractivity contribution in [1.29, 1.82) is 0 Å². The van der Waals surface area contributed by atoms with E-state index >= 15 is 0 Å². The van der Waals surface area contributed by atoms with Crippen LogP contribution in [0.1, 0.15) is 19.3 Å². The summed E-state index contributed by atoms with van der Waals surface area (Å²) < 4.78 is 26.7. The number of likely N-dealkylation sites (tertiary alicyclic amines) is 1. The third kappa shape index (κ3) is 6.06. The molecule has 1 atom stereocenters. The van der Waals surface area contributed by atoms with Crippen molar-refractivity contribution in [2.75, 3.05) is 38.5 Å². The SMILES string of the molecule is CN(CC(=O)O)C1CCCN(CC(=O)Nc2cc(F)ccc2F)CC1. The summed E-state index contributed by atoms with van der Waals surface area (Å²) in [6.07, 6.45) is 2.46. The van der Waals surface area contributed by atoms with Crippen molar-refractivity contribution in [3.63, 3.8) is 0 Å². The van der Waals surface area contributed by atoms with E-state index in [4.69, 9.17) is 5.11 Å². The van der Waals surface area contributed by atoms with Gasteiger partial charge in [-0.3, -0.25) is 19.4 Å². The number of hydrogen-bond donors (Lipinski definition) is 2. The maximum Gasteiger partial charge on any atom is 0.317 e. The predicted molar refractivity (Wildman–Crippen MR) is 89.3 cm³/mol. The molecular formula is C17H23F2N3O3. The number of carboxylic acids is 1. The van der Waals surface area contributed by atoms with Crippen molar-refractivity contribution in [3.8, 4) is 0 Å². The minimum Gasteiger partial charge on any atom is -0.480 e. The standard InChI is InChI=1S/C17H23F2N3O3/c1-21(11-17(24)25)13-3-2-7-22(8-6-13)10-16(23)20-15-9-12(18)4-5-14(15)19/h4-5,9,13H,2-3,6-8,10-11H2,1H3,(H,20,23)(H,24,25). The summed E-state index contributed by atoms with van der Waals surface area (Å²) in [6, 6.07) is 3.07. The van der Waals surface area contributed by atoms with E-state index < -0.39 is 23.5 Å².